The van der Waals surface area contributed by atoms with E-state index in [1.54, 1.807) is 32.9 Å². The lowest BCUT2D eigenvalue weighted by Crippen LogP contribution is -2.59. The number of rotatable bonds is 14. The van der Waals surface area contributed by atoms with Crippen LogP contribution in [0.15, 0.2) is 84.9 Å². The fourth-order valence-electron chi connectivity index (χ4n) is 5.27. The Morgan fingerprint density at radius 2 is 1.12 bits per heavy atom. The van der Waals surface area contributed by atoms with Gasteiger partial charge >= 0.3 is 12.1 Å². The molecule has 12 heteroatoms. The average molecular weight is 689 g/mol. The molecule has 0 bridgehead atoms. The van der Waals surface area contributed by atoms with Crippen LogP contribution in [-0.2, 0) is 43.2 Å². The fraction of sp³-hybridized carbons (Fsp3) is 0.395. The summed E-state index contributed by atoms with van der Waals surface area (Å²) in [5.74, 6) is -3.02. The van der Waals surface area contributed by atoms with E-state index in [1.807, 2.05) is 60.7 Å². The average Bonchev–Trinajstić information content (AvgIpc) is 3.08. The first kappa shape index (κ1) is 39.1. The maximum absolute atomic E-state index is 14.4. The summed E-state index contributed by atoms with van der Waals surface area (Å²) >= 11 is 0. The predicted octanol–water partition coefficient (Wildman–Crippen LogP) is 3.90. The number of hydrogen-bond acceptors (Lipinski definition) is 7. The monoisotopic (exact) mass is 688 g/mol. The number of phenols is 1. The van der Waals surface area contributed by atoms with Gasteiger partial charge in [0.25, 0.3) is 0 Å². The van der Waals surface area contributed by atoms with Crippen LogP contribution >= 0.6 is 0 Å². The van der Waals surface area contributed by atoms with Gasteiger partial charge in [0.05, 0.1) is 0 Å². The zero-order valence-electron chi connectivity index (χ0n) is 29.7. The molecule has 0 aliphatic carbocycles. The van der Waals surface area contributed by atoms with Crippen molar-refractivity contribution in [2.24, 2.45) is 0 Å². The number of nitrogens with zero attached hydrogens (tertiary/aromatic N) is 3. The van der Waals surface area contributed by atoms with E-state index in [2.05, 4.69) is 5.32 Å². The molecule has 0 aliphatic rings. The van der Waals surface area contributed by atoms with Crippen LogP contribution in [0.3, 0.4) is 0 Å². The number of nitrogens with one attached hydrogen (secondary N) is 1. The summed E-state index contributed by atoms with van der Waals surface area (Å²) < 4.78 is 5.58. The Hall–Kier alpha value is -5.39. The third-order valence-electron chi connectivity index (χ3n) is 8.38. The number of carboxylic acids is 1. The highest BCUT2D eigenvalue weighted by atomic mass is 16.6. The number of hydrogen-bond donors (Lipinski definition) is 3. The van der Waals surface area contributed by atoms with Crippen molar-refractivity contribution >= 4 is 29.8 Å². The van der Waals surface area contributed by atoms with E-state index in [9.17, 15) is 34.2 Å². The minimum absolute atomic E-state index is 0.0230. The molecule has 0 spiro atoms. The maximum Gasteiger partial charge on any atom is 0.410 e. The minimum Gasteiger partial charge on any atom is -0.508 e. The third kappa shape index (κ3) is 11.1. The molecule has 50 heavy (non-hydrogen) atoms. The number of phenolic OH excluding ortho intramolecular Hbond substituents is 1. The molecular weight excluding hydrogens is 640 g/mol. The molecule has 0 saturated carbocycles. The van der Waals surface area contributed by atoms with E-state index in [4.69, 9.17) is 4.74 Å². The quantitative estimate of drug-likeness (QED) is 0.230. The minimum atomic E-state index is -1.30. The zero-order valence-corrected chi connectivity index (χ0v) is 29.7. The molecule has 0 saturated heterocycles. The molecule has 0 aromatic heterocycles. The summed E-state index contributed by atoms with van der Waals surface area (Å²) in [6.45, 7) is 6.66. The van der Waals surface area contributed by atoms with Crippen LogP contribution in [0.4, 0.5) is 4.79 Å². The number of carbonyl (C=O) groups is 5. The van der Waals surface area contributed by atoms with Crippen molar-refractivity contribution in [3.05, 3.63) is 102 Å². The fourth-order valence-corrected chi connectivity index (χ4v) is 5.27. The van der Waals surface area contributed by atoms with Crippen molar-refractivity contribution < 1.29 is 38.9 Å². The topological polar surface area (TPSA) is 157 Å². The highest BCUT2D eigenvalue weighted by Gasteiger charge is 2.39. The molecule has 3 rings (SSSR count). The number of ether oxygens (including phenoxy) is 1. The Labute approximate surface area is 293 Å². The van der Waals surface area contributed by atoms with Gasteiger partial charge in [0, 0.05) is 40.4 Å². The zero-order chi connectivity index (χ0) is 37.2. The van der Waals surface area contributed by atoms with Crippen LogP contribution in [-0.4, -0.2) is 106 Å². The highest BCUT2D eigenvalue weighted by Crippen LogP contribution is 2.20. The van der Waals surface area contributed by atoms with Crippen LogP contribution in [0, 0.1) is 0 Å². The van der Waals surface area contributed by atoms with Crippen LogP contribution in [0.2, 0.25) is 0 Å². The number of amides is 4. The van der Waals surface area contributed by atoms with Crippen molar-refractivity contribution in [2.75, 3.05) is 21.1 Å². The number of carboxylic acid groups (broad SMARTS) is 1. The summed E-state index contributed by atoms with van der Waals surface area (Å²) in [4.78, 5) is 71.0. The maximum atomic E-state index is 14.4. The molecule has 4 amide bonds. The number of carbonyl (C=O) groups excluding carboxylic acids is 4. The highest BCUT2D eigenvalue weighted by molar-refractivity contribution is 5.94. The van der Waals surface area contributed by atoms with E-state index < -0.39 is 59.6 Å². The summed E-state index contributed by atoms with van der Waals surface area (Å²) in [6, 6.07) is 19.7. The number of aromatic hydroxyl groups is 1. The van der Waals surface area contributed by atoms with Crippen molar-refractivity contribution in [1.82, 2.24) is 20.0 Å². The Bertz CT molecular complexity index is 1610. The van der Waals surface area contributed by atoms with Crippen LogP contribution < -0.4 is 5.32 Å². The van der Waals surface area contributed by atoms with Gasteiger partial charge < -0.3 is 30.1 Å². The second-order valence-electron chi connectivity index (χ2n) is 13.3. The molecule has 12 nitrogen and oxygen atoms in total. The van der Waals surface area contributed by atoms with E-state index >= 15 is 0 Å². The summed E-state index contributed by atoms with van der Waals surface area (Å²) in [5, 5.41) is 21.9. The largest absolute Gasteiger partial charge is 0.508 e. The van der Waals surface area contributed by atoms with Crippen molar-refractivity contribution in [1.29, 1.82) is 0 Å². The lowest BCUT2D eigenvalue weighted by atomic mass is 9.99. The molecule has 3 aromatic carbocycles. The lowest BCUT2D eigenvalue weighted by molar-refractivity contribution is -0.149. The van der Waals surface area contributed by atoms with Gasteiger partial charge in [-0.3, -0.25) is 19.3 Å². The molecule has 3 N–H and O–H groups in total. The van der Waals surface area contributed by atoms with Gasteiger partial charge in [-0.1, -0.05) is 72.8 Å². The van der Waals surface area contributed by atoms with Gasteiger partial charge in [-0.25, -0.2) is 9.59 Å². The normalized spacial score (nSPS) is 13.6. The van der Waals surface area contributed by atoms with Gasteiger partial charge in [0.15, 0.2) is 0 Å². The van der Waals surface area contributed by atoms with Gasteiger partial charge in [-0.2, -0.15) is 0 Å². The third-order valence-corrected chi connectivity index (χ3v) is 8.38. The van der Waals surface area contributed by atoms with Crippen molar-refractivity contribution in [3.8, 4) is 5.75 Å². The van der Waals surface area contributed by atoms with Crippen molar-refractivity contribution in [2.45, 2.75) is 76.7 Å². The Morgan fingerprint density at radius 1 is 0.680 bits per heavy atom. The van der Waals surface area contributed by atoms with Gasteiger partial charge in [0.1, 0.15) is 35.5 Å². The lowest BCUT2D eigenvalue weighted by Gasteiger charge is -2.37. The van der Waals surface area contributed by atoms with Crippen molar-refractivity contribution in [3.63, 3.8) is 0 Å². The molecule has 268 valence electrons. The van der Waals surface area contributed by atoms with Crippen LogP contribution in [0.1, 0.15) is 44.4 Å². The van der Waals surface area contributed by atoms with E-state index in [0.717, 1.165) is 11.1 Å². The van der Waals surface area contributed by atoms with E-state index in [0.29, 0.717) is 5.56 Å². The first-order chi connectivity index (χ1) is 23.5. The summed E-state index contributed by atoms with van der Waals surface area (Å²) in [6.07, 6.45) is -0.493. The van der Waals surface area contributed by atoms with E-state index in [-0.39, 0.29) is 25.0 Å². The van der Waals surface area contributed by atoms with Gasteiger partial charge in [-0.15, -0.1) is 0 Å². The molecule has 3 aromatic rings. The van der Waals surface area contributed by atoms with Gasteiger partial charge in [0.2, 0.25) is 17.7 Å². The second kappa shape index (κ2) is 17.3. The molecule has 0 aliphatic heterocycles. The first-order valence-corrected chi connectivity index (χ1v) is 16.4. The van der Waals surface area contributed by atoms with E-state index in [1.165, 1.54) is 54.9 Å². The Morgan fingerprint density at radius 3 is 1.58 bits per heavy atom. The molecule has 0 heterocycles. The summed E-state index contributed by atoms with van der Waals surface area (Å²) in [7, 11) is 4.40. The predicted molar refractivity (Wildman–Crippen MR) is 188 cm³/mol. The Kier molecular flexibility index (Phi) is 13.5. The smallest absolute Gasteiger partial charge is 0.410 e. The standard InChI is InChI=1S/C38H48N4O8/c1-25(33(44)39-30(36(47)48)22-28-18-20-29(43)21-19-28)40(5)34(45)31(23-26-14-10-8-11-15-26)41(6)35(46)32(24-27-16-12-9-13-17-27)42(7)37(49)50-38(2,3)4/h8-21,25,30-32,43H,22-24H2,1-7H3,(H,39,44)(H,47,48)/t25-,30-,31-,32-/m0/s1. The molecule has 4 atom stereocenters. The molecule has 0 radical (unpaired) electrons. The molecule has 0 unspecified atom stereocenters. The van der Waals surface area contributed by atoms with Crippen LogP contribution in [0.25, 0.3) is 0 Å². The molecular formula is C38H48N4O8. The number of likely N-dealkylation sites (N-methyl/N-ethyl adjacent to an activating group) is 3. The van der Waals surface area contributed by atoms with Crippen LogP contribution in [0.5, 0.6) is 5.75 Å². The Balaban J connectivity index is 1.90. The first-order valence-electron chi connectivity index (χ1n) is 16.4. The summed E-state index contributed by atoms with van der Waals surface area (Å²) in [5.41, 5.74) is 1.32. The molecule has 0 fully saturated rings. The number of benzene rings is 3. The SMILES string of the molecule is C[C@@H](C(=O)N[C@@H](Cc1ccc(O)cc1)C(=O)O)N(C)C(=O)[C@H](Cc1ccccc1)N(C)C(=O)[C@H](Cc1ccccc1)N(C)C(=O)OC(C)(C)C. The number of aliphatic carboxylic acids is 1. The second-order valence-corrected chi connectivity index (χ2v) is 13.3. The van der Waals surface area contributed by atoms with Gasteiger partial charge in [-0.05, 0) is 56.5 Å².